The van der Waals surface area contributed by atoms with Crippen molar-refractivity contribution in [3.63, 3.8) is 0 Å². The standard InChI is InChI=1S/C23H17NO5S/c25-21-14-20(30-19-9-5-4-8-18(19)23(27)28)22(26)24(21)15-10-12-17(13-11-15)29-16-6-2-1-3-7-16/h1-13,20H,14H2,(H,27,28)/t20-/m0/s1. The van der Waals surface area contributed by atoms with Crippen LogP contribution in [-0.4, -0.2) is 28.1 Å². The zero-order valence-electron chi connectivity index (χ0n) is 15.7. The number of carbonyl (C=O) groups is 3. The minimum atomic E-state index is -1.07. The van der Waals surface area contributed by atoms with E-state index in [1.807, 2.05) is 30.3 Å². The van der Waals surface area contributed by atoms with Gasteiger partial charge in [-0.25, -0.2) is 9.69 Å². The molecular weight excluding hydrogens is 402 g/mol. The number of carbonyl (C=O) groups excluding carboxylic acids is 2. The van der Waals surface area contributed by atoms with Crippen molar-refractivity contribution >= 4 is 35.2 Å². The zero-order chi connectivity index (χ0) is 21.1. The zero-order valence-corrected chi connectivity index (χ0v) is 16.5. The second-order valence-corrected chi connectivity index (χ2v) is 7.83. The Labute approximate surface area is 177 Å². The maximum Gasteiger partial charge on any atom is 0.336 e. The maximum absolute atomic E-state index is 12.9. The fourth-order valence-corrected chi connectivity index (χ4v) is 4.33. The molecule has 1 heterocycles. The van der Waals surface area contributed by atoms with Crippen molar-refractivity contribution in [2.45, 2.75) is 16.6 Å². The van der Waals surface area contributed by atoms with E-state index in [0.717, 1.165) is 16.7 Å². The molecule has 0 unspecified atom stereocenters. The summed E-state index contributed by atoms with van der Waals surface area (Å²) in [7, 11) is 0. The minimum absolute atomic E-state index is 0.0136. The monoisotopic (exact) mass is 419 g/mol. The van der Waals surface area contributed by atoms with Crippen molar-refractivity contribution in [2.75, 3.05) is 4.90 Å². The average molecular weight is 419 g/mol. The number of para-hydroxylation sites is 1. The minimum Gasteiger partial charge on any atom is -0.478 e. The van der Waals surface area contributed by atoms with Crippen LogP contribution < -0.4 is 9.64 Å². The second kappa shape index (κ2) is 8.42. The van der Waals surface area contributed by atoms with Gasteiger partial charge in [-0.05, 0) is 48.5 Å². The molecule has 6 nitrogen and oxygen atoms in total. The molecule has 1 aliphatic rings. The highest BCUT2D eigenvalue weighted by atomic mass is 32.2. The van der Waals surface area contributed by atoms with Crippen LogP contribution in [-0.2, 0) is 9.59 Å². The Hall–Kier alpha value is -3.58. The summed E-state index contributed by atoms with van der Waals surface area (Å²) in [6.07, 6.45) is 0.0136. The van der Waals surface area contributed by atoms with Crippen LogP contribution in [0.15, 0.2) is 83.8 Å². The van der Waals surface area contributed by atoms with Crippen molar-refractivity contribution in [3.05, 3.63) is 84.4 Å². The van der Waals surface area contributed by atoms with Crippen molar-refractivity contribution < 1.29 is 24.2 Å². The van der Waals surface area contributed by atoms with E-state index in [0.29, 0.717) is 22.1 Å². The van der Waals surface area contributed by atoms with Gasteiger partial charge in [0.1, 0.15) is 11.5 Å². The first kappa shape index (κ1) is 19.7. The quantitative estimate of drug-likeness (QED) is 0.588. The number of anilines is 1. The molecule has 3 aromatic rings. The number of rotatable bonds is 6. The number of ether oxygens (including phenoxy) is 1. The third-order valence-electron chi connectivity index (χ3n) is 4.57. The topological polar surface area (TPSA) is 83.9 Å². The van der Waals surface area contributed by atoms with Crippen molar-refractivity contribution in [3.8, 4) is 11.5 Å². The van der Waals surface area contributed by atoms with Gasteiger partial charge in [-0.15, -0.1) is 11.8 Å². The van der Waals surface area contributed by atoms with Crippen molar-refractivity contribution in [2.24, 2.45) is 0 Å². The first-order chi connectivity index (χ1) is 14.5. The predicted molar refractivity (Wildman–Crippen MR) is 113 cm³/mol. The Kier molecular flexibility index (Phi) is 5.54. The molecular formula is C23H17NO5S. The summed E-state index contributed by atoms with van der Waals surface area (Å²) in [4.78, 5) is 38.4. The second-order valence-electron chi connectivity index (χ2n) is 6.59. The van der Waals surface area contributed by atoms with E-state index >= 15 is 0 Å². The SMILES string of the molecule is O=C(O)c1ccccc1S[C@H]1CC(=O)N(c2ccc(Oc3ccccc3)cc2)C1=O. The van der Waals surface area contributed by atoms with Crippen LogP contribution in [0.5, 0.6) is 11.5 Å². The number of carboxylic acid groups (broad SMARTS) is 1. The van der Waals surface area contributed by atoms with Gasteiger partial charge >= 0.3 is 5.97 Å². The van der Waals surface area contributed by atoms with Gasteiger partial charge in [0.05, 0.1) is 16.5 Å². The van der Waals surface area contributed by atoms with Gasteiger partial charge in [0.25, 0.3) is 0 Å². The van der Waals surface area contributed by atoms with E-state index in [1.165, 1.54) is 6.07 Å². The van der Waals surface area contributed by atoms with E-state index < -0.39 is 11.2 Å². The lowest BCUT2D eigenvalue weighted by Crippen LogP contribution is -2.31. The van der Waals surface area contributed by atoms with Gasteiger partial charge in [-0.2, -0.15) is 0 Å². The lowest BCUT2D eigenvalue weighted by Gasteiger charge is -2.16. The van der Waals surface area contributed by atoms with Gasteiger partial charge in [0.15, 0.2) is 0 Å². The number of imide groups is 1. The molecule has 1 fully saturated rings. The van der Waals surface area contributed by atoms with Crippen LogP contribution >= 0.6 is 11.8 Å². The van der Waals surface area contributed by atoms with Crippen LogP contribution in [0.1, 0.15) is 16.8 Å². The number of hydrogen-bond acceptors (Lipinski definition) is 5. The lowest BCUT2D eigenvalue weighted by atomic mass is 10.2. The summed E-state index contributed by atoms with van der Waals surface area (Å²) in [6.45, 7) is 0. The third kappa shape index (κ3) is 4.06. The smallest absolute Gasteiger partial charge is 0.336 e. The molecule has 0 bridgehead atoms. The average Bonchev–Trinajstić information content (AvgIpc) is 3.03. The third-order valence-corrected chi connectivity index (χ3v) is 5.83. The van der Waals surface area contributed by atoms with E-state index in [1.54, 1.807) is 42.5 Å². The Morgan fingerprint density at radius 1 is 0.900 bits per heavy atom. The molecule has 1 aliphatic heterocycles. The summed E-state index contributed by atoms with van der Waals surface area (Å²) in [6, 6.07) is 22.5. The maximum atomic E-state index is 12.9. The summed E-state index contributed by atoms with van der Waals surface area (Å²) < 4.78 is 5.74. The molecule has 1 N–H and O–H groups in total. The Morgan fingerprint density at radius 3 is 2.23 bits per heavy atom. The molecule has 0 saturated carbocycles. The molecule has 3 aromatic carbocycles. The Balaban J connectivity index is 1.50. The molecule has 150 valence electrons. The largest absolute Gasteiger partial charge is 0.478 e. The first-order valence-electron chi connectivity index (χ1n) is 9.21. The molecule has 30 heavy (non-hydrogen) atoms. The summed E-state index contributed by atoms with van der Waals surface area (Å²) in [5.74, 6) is -0.470. The molecule has 2 amide bonds. The van der Waals surface area contributed by atoms with E-state index in [2.05, 4.69) is 0 Å². The molecule has 4 rings (SSSR count). The summed E-state index contributed by atoms with van der Waals surface area (Å²) in [5.41, 5.74) is 0.573. The molecule has 0 aliphatic carbocycles. The molecule has 1 saturated heterocycles. The lowest BCUT2D eigenvalue weighted by molar-refractivity contribution is -0.121. The van der Waals surface area contributed by atoms with Gasteiger partial charge in [0, 0.05) is 11.3 Å². The fourth-order valence-electron chi connectivity index (χ4n) is 3.15. The number of benzene rings is 3. The first-order valence-corrected chi connectivity index (χ1v) is 10.1. The van der Waals surface area contributed by atoms with Crippen molar-refractivity contribution in [1.82, 2.24) is 0 Å². The van der Waals surface area contributed by atoms with Crippen LogP contribution in [0.4, 0.5) is 5.69 Å². The fraction of sp³-hybridized carbons (Fsp3) is 0.0870. The Bertz CT molecular complexity index is 1100. The highest BCUT2D eigenvalue weighted by Gasteiger charge is 2.40. The van der Waals surface area contributed by atoms with Crippen molar-refractivity contribution in [1.29, 1.82) is 0 Å². The number of nitrogens with zero attached hydrogens (tertiary/aromatic N) is 1. The van der Waals surface area contributed by atoms with Gasteiger partial charge in [0.2, 0.25) is 11.8 Å². The Morgan fingerprint density at radius 2 is 1.53 bits per heavy atom. The van der Waals surface area contributed by atoms with Crippen LogP contribution in [0.3, 0.4) is 0 Å². The van der Waals surface area contributed by atoms with E-state index in [4.69, 9.17) is 4.74 Å². The molecule has 0 aromatic heterocycles. The van der Waals surface area contributed by atoms with E-state index in [9.17, 15) is 19.5 Å². The predicted octanol–water partition coefficient (Wildman–Crippen LogP) is 4.60. The number of amides is 2. The number of carboxylic acids is 1. The molecule has 7 heteroatoms. The normalized spacial score (nSPS) is 16.0. The van der Waals surface area contributed by atoms with E-state index in [-0.39, 0.29) is 23.8 Å². The molecule has 1 atom stereocenters. The molecule has 0 spiro atoms. The van der Waals surface area contributed by atoms with Crippen LogP contribution in [0.2, 0.25) is 0 Å². The highest BCUT2D eigenvalue weighted by molar-refractivity contribution is 8.00. The summed E-state index contributed by atoms with van der Waals surface area (Å²) in [5, 5.41) is 8.66. The highest BCUT2D eigenvalue weighted by Crippen LogP contribution is 2.36. The van der Waals surface area contributed by atoms with Gasteiger partial charge in [-0.1, -0.05) is 30.3 Å². The summed E-state index contributed by atoms with van der Waals surface area (Å²) >= 11 is 1.10. The number of thioether (sulfide) groups is 1. The number of aromatic carboxylic acids is 1. The van der Waals surface area contributed by atoms with Crippen LogP contribution in [0.25, 0.3) is 0 Å². The van der Waals surface area contributed by atoms with Gasteiger partial charge < -0.3 is 9.84 Å². The molecule has 0 radical (unpaired) electrons. The van der Waals surface area contributed by atoms with Crippen LogP contribution in [0, 0.1) is 0 Å². The van der Waals surface area contributed by atoms with Gasteiger partial charge in [-0.3, -0.25) is 9.59 Å². The number of hydrogen-bond donors (Lipinski definition) is 1.